The van der Waals surface area contributed by atoms with Gasteiger partial charge < -0.3 is 10.0 Å². The Labute approximate surface area is 104 Å². The van der Waals surface area contributed by atoms with Crippen LogP contribution in [0.15, 0.2) is 12.1 Å². The van der Waals surface area contributed by atoms with Crippen LogP contribution in [0.4, 0.5) is 0 Å². The number of rotatable bonds is 2. The van der Waals surface area contributed by atoms with E-state index in [2.05, 4.69) is 0 Å². The lowest BCUT2D eigenvalue weighted by atomic mass is 9.98. The van der Waals surface area contributed by atoms with Crippen molar-refractivity contribution in [3.8, 4) is 0 Å². The van der Waals surface area contributed by atoms with Crippen LogP contribution in [0.5, 0.6) is 0 Å². The van der Waals surface area contributed by atoms with Crippen molar-refractivity contribution < 1.29 is 14.7 Å². The van der Waals surface area contributed by atoms with Crippen molar-refractivity contribution in [3.63, 3.8) is 0 Å². The summed E-state index contributed by atoms with van der Waals surface area (Å²) < 4.78 is 0. The van der Waals surface area contributed by atoms with Gasteiger partial charge in [0.25, 0.3) is 5.91 Å². The summed E-state index contributed by atoms with van der Waals surface area (Å²) in [5.41, 5.74) is 0. The van der Waals surface area contributed by atoms with Crippen LogP contribution in [-0.4, -0.2) is 35.0 Å². The zero-order valence-electron chi connectivity index (χ0n) is 9.68. The van der Waals surface area contributed by atoms with E-state index in [1.807, 2.05) is 19.1 Å². The van der Waals surface area contributed by atoms with Gasteiger partial charge in [0.1, 0.15) is 0 Å². The first kappa shape index (κ1) is 12.1. The number of carbonyl (C=O) groups is 2. The average molecular weight is 253 g/mol. The predicted molar refractivity (Wildman–Crippen MR) is 65.3 cm³/mol. The Kier molecular flexibility index (Phi) is 3.47. The van der Waals surface area contributed by atoms with Gasteiger partial charge in [-0.25, -0.2) is 0 Å². The maximum atomic E-state index is 12.1. The number of carboxylic acids is 1. The van der Waals surface area contributed by atoms with Gasteiger partial charge in [-0.15, -0.1) is 11.3 Å². The van der Waals surface area contributed by atoms with Crippen molar-refractivity contribution in [1.82, 2.24) is 4.90 Å². The van der Waals surface area contributed by atoms with Gasteiger partial charge in [0, 0.05) is 18.0 Å². The third-order valence-corrected chi connectivity index (χ3v) is 4.00. The lowest BCUT2D eigenvalue weighted by molar-refractivity contribution is -0.143. The summed E-state index contributed by atoms with van der Waals surface area (Å²) in [4.78, 5) is 26.5. The number of aryl methyl sites for hydroxylation is 1. The quantitative estimate of drug-likeness (QED) is 0.877. The van der Waals surface area contributed by atoms with Crippen molar-refractivity contribution in [2.45, 2.75) is 19.8 Å². The Bertz CT molecular complexity index is 441. The monoisotopic (exact) mass is 253 g/mol. The van der Waals surface area contributed by atoms with E-state index in [-0.39, 0.29) is 5.91 Å². The molecule has 0 bridgehead atoms. The van der Waals surface area contributed by atoms with Crippen LogP contribution < -0.4 is 0 Å². The highest BCUT2D eigenvalue weighted by atomic mass is 32.1. The molecule has 2 heterocycles. The molecule has 4 nitrogen and oxygen atoms in total. The van der Waals surface area contributed by atoms with Crippen molar-refractivity contribution >= 4 is 23.2 Å². The van der Waals surface area contributed by atoms with E-state index >= 15 is 0 Å². The summed E-state index contributed by atoms with van der Waals surface area (Å²) in [5.74, 6) is -1.24. The van der Waals surface area contributed by atoms with Crippen molar-refractivity contribution in [2.24, 2.45) is 5.92 Å². The van der Waals surface area contributed by atoms with Crippen molar-refractivity contribution in [2.75, 3.05) is 13.1 Å². The molecule has 1 fully saturated rings. The Morgan fingerprint density at radius 3 is 2.82 bits per heavy atom. The van der Waals surface area contributed by atoms with Crippen LogP contribution >= 0.6 is 11.3 Å². The van der Waals surface area contributed by atoms with Crippen LogP contribution in [0.3, 0.4) is 0 Å². The van der Waals surface area contributed by atoms with E-state index in [1.165, 1.54) is 11.3 Å². The van der Waals surface area contributed by atoms with Gasteiger partial charge in [-0.1, -0.05) is 0 Å². The highest BCUT2D eigenvalue weighted by Gasteiger charge is 2.28. The van der Waals surface area contributed by atoms with Crippen LogP contribution in [0.25, 0.3) is 0 Å². The molecule has 1 aromatic heterocycles. The minimum Gasteiger partial charge on any atom is -0.481 e. The largest absolute Gasteiger partial charge is 0.481 e. The molecule has 1 aromatic rings. The zero-order valence-corrected chi connectivity index (χ0v) is 10.5. The van der Waals surface area contributed by atoms with E-state index in [4.69, 9.17) is 5.11 Å². The van der Waals surface area contributed by atoms with Crippen molar-refractivity contribution in [1.29, 1.82) is 0 Å². The van der Waals surface area contributed by atoms with Crippen molar-refractivity contribution in [3.05, 3.63) is 21.9 Å². The molecule has 1 unspecified atom stereocenters. The minimum atomic E-state index is -0.801. The molecule has 1 atom stereocenters. The summed E-state index contributed by atoms with van der Waals surface area (Å²) in [6.45, 7) is 2.96. The molecule has 1 amide bonds. The fourth-order valence-corrected chi connectivity index (χ4v) is 2.90. The number of likely N-dealkylation sites (tertiary alicyclic amines) is 1. The van der Waals surface area contributed by atoms with Gasteiger partial charge in [0.2, 0.25) is 0 Å². The second kappa shape index (κ2) is 4.87. The molecular weight excluding hydrogens is 238 g/mol. The predicted octanol–water partition coefficient (Wildman–Crippen LogP) is 1.99. The number of thiophene rings is 1. The molecule has 0 saturated carbocycles. The Morgan fingerprint density at radius 1 is 1.47 bits per heavy atom. The zero-order chi connectivity index (χ0) is 12.4. The summed E-state index contributed by atoms with van der Waals surface area (Å²) in [7, 11) is 0. The fraction of sp³-hybridized carbons (Fsp3) is 0.500. The summed E-state index contributed by atoms with van der Waals surface area (Å²) in [6.07, 6.45) is 1.44. The molecule has 1 saturated heterocycles. The lowest BCUT2D eigenvalue weighted by Gasteiger charge is -2.30. The maximum Gasteiger partial charge on any atom is 0.308 e. The van der Waals surface area contributed by atoms with E-state index in [0.717, 1.165) is 11.3 Å². The van der Waals surface area contributed by atoms with Crippen LogP contribution in [0.2, 0.25) is 0 Å². The molecule has 5 heteroatoms. The molecule has 1 N–H and O–H groups in total. The normalized spacial score (nSPS) is 20.3. The highest BCUT2D eigenvalue weighted by Crippen LogP contribution is 2.22. The highest BCUT2D eigenvalue weighted by molar-refractivity contribution is 7.13. The van der Waals surface area contributed by atoms with Crippen LogP contribution in [0, 0.1) is 12.8 Å². The fourth-order valence-electron chi connectivity index (χ4n) is 2.07. The minimum absolute atomic E-state index is 0.0333. The van der Waals surface area contributed by atoms with Gasteiger partial charge in [-0.05, 0) is 31.9 Å². The summed E-state index contributed by atoms with van der Waals surface area (Å²) in [6, 6.07) is 3.73. The molecule has 0 aromatic carbocycles. The molecule has 0 radical (unpaired) electrons. The Balaban J connectivity index is 2.07. The second-order valence-electron chi connectivity index (χ2n) is 4.34. The number of hydrogen-bond acceptors (Lipinski definition) is 3. The van der Waals surface area contributed by atoms with Gasteiger partial charge in [-0.2, -0.15) is 0 Å². The van der Waals surface area contributed by atoms with Crippen LogP contribution in [-0.2, 0) is 4.79 Å². The van der Waals surface area contributed by atoms with Gasteiger partial charge in [0.15, 0.2) is 0 Å². The standard InChI is InChI=1S/C12H15NO3S/c1-8-4-5-10(17-8)11(14)13-6-2-3-9(7-13)12(15)16/h4-5,9H,2-3,6-7H2,1H3,(H,15,16). The maximum absolute atomic E-state index is 12.1. The number of amides is 1. The van der Waals surface area contributed by atoms with Crippen LogP contribution in [0.1, 0.15) is 27.4 Å². The molecule has 0 spiro atoms. The molecule has 1 aliphatic heterocycles. The molecular formula is C12H15NO3S. The number of hydrogen-bond donors (Lipinski definition) is 1. The second-order valence-corrected chi connectivity index (χ2v) is 5.63. The number of piperidine rings is 1. The SMILES string of the molecule is Cc1ccc(C(=O)N2CCCC(C(=O)O)C2)s1. The third-order valence-electron chi connectivity index (χ3n) is 3.01. The number of nitrogens with zero attached hydrogens (tertiary/aromatic N) is 1. The van der Waals surface area contributed by atoms with E-state index in [1.54, 1.807) is 4.90 Å². The Morgan fingerprint density at radius 2 is 2.24 bits per heavy atom. The number of carbonyl (C=O) groups excluding carboxylic acids is 1. The molecule has 0 aliphatic carbocycles. The first-order valence-corrected chi connectivity index (χ1v) is 6.48. The number of carboxylic acid groups (broad SMARTS) is 1. The van der Waals surface area contributed by atoms with E-state index < -0.39 is 11.9 Å². The first-order chi connectivity index (χ1) is 8.08. The van der Waals surface area contributed by atoms with Gasteiger partial charge in [0.05, 0.1) is 10.8 Å². The molecule has 2 rings (SSSR count). The third kappa shape index (κ3) is 2.66. The van der Waals surface area contributed by atoms with Gasteiger partial charge >= 0.3 is 5.97 Å². The first-order valence-electron chi connectivity index (χ1n) is 5.66. The molecule has 17 heavy (non-hydrogen) atoms. The lowest BCUT2D eigenvalue weighted by Crippen LogP contribution is -2.42. The molecule has 92 valence electrons. The molecule has 1 aliphatic rings. The Hall–Kier alpha value is -1.36. The summed E-state index contributed by atoms with van der Waals surface area (Å²) >= 11 is 1.46. The smallest absolute Gasteiger partial charge is 0.308 e. The van der Waals surface area contributed by atoms with E-state index in [0.29, 0.717) is 24.4 Å². The average Bonchev–Trinajstić information content (AvgIpc) is 2.75. The topological polar surface area (TPSA) is 57.6 Å². The van der Waals surface area contributed by atoms with E-state index in [9.17, 15) is 9.59 Å². The summed E-state index contributed by atoms with van der Waals surface area (Å²) in [5, 5.41) is 8.98. The number of aliphatic carboxylic acids is 1. The van der Waals surface area contributed by atoms with Gasteiger partial charge in [-0.3, -0.25) is 9.59 Å².